The van der Waals surface area contributed by atoms with Gasteiger partial charge in [0.1, 0.15) is 5.76 Å². The molecule has 0 aromatic carbocycles. The highest BCUT2D eigenvalue weighted by Crippen LogP contribution is 2.03. The molecule has 5 nitrogen and oxygen atoms in total. The Morgan fingerprint density at radius 1 is 1.32 bits per heavy atom. The SMILES string of the molecule is CCN(CC)C(=O)CN(C)C(=O)/C=C/c1ccco1. The van der Waals surface area contributed by atoms with Gasteiger partial charge >= 0.3 is 0 Å². The fraction of sp³-hybridized carbons (Fsp3) is 0.429. The van der Waals surface area contributed by atoms with Crippen molar-refractivity contribution in [2.45, 2.75) is 13.8 Å². The number of nitrogens with zero attached hydrogens (tertiary/aromatic N) is 2. The molecule has 1 aromatic rings. The molecule has 1 heterocycles. The average molecular weight is 264 g/mol. The lowest BCUT2D eigenvalue weighted by Crippen LogP contribution is -2.40. The fourth-order valence-corrected chi connectivity index (χ4v) is 1.62. The molecule has 19 heavy (non-hydrogen) atoms. The van der Waals surface area contributed by atoms with E-state index in [-0.39, 0.29) is 18.4 Å². The lowest BCUT2D eigenvalue weighted by molar-refractivity contribution is -0.136. The molecule has 2 amide bonds. The van der Waals surface area contributed by atoms with E-state index < -0.39 is 0 Å². The number of carbonyl (C=O) groups is 2. The van der Waals surface area contributed by atoms with Crippen LogP contribution >= 0.6 is 0 Å². The highest BCUT2D eigenvalue weighted by Gasteiger charge is 2.14. The quantitative estimate of drug-likeness (QED) is 0.734. The summed E-state index contributed by atoms with van der Waals surface area (Å²) in [5.74, 6) is 0.334. The van der Waals surface area contributed by atoms with Crippen LogP contribution in [0, 0.1) is 0 Å². The maximum absolute atomic E-state index is 11.8. The molecule has 0 atom stereocenters. The van der Waals surface area contributed by atoms with Crippen molar-refractivity contribution in [2.24, 2.45) is 0 Å². The van der Waals surface area contributed by atoms with Crippen LogP contribution in [0.25, 0.3) is 6.08 Å². The minimum atomic E-state index is -0.225. The van der Waals surface area contributed by atoms with Crippen LogP contribution in [0.4, 0.5) is 0 Å². The summed E-state index contributed by atoms with van der Waals surface area (Å²) in [6.45, 7) is 5.22. The van der Waals surface area contributed by atoms with Crippen LogP contribution in [-0.4, -0.2) is 48.3 Å². The number of hydrogen-bond donors (Lipinski definition) is 0. The molecule has 0 saturated heterocycles. The Labute approximate surface area is 113 Å². The highest BCUT2D eigenvalue weighted by molar-refractivity contribution is 5.93. The Balaban J connectivity index is 2.51. The molecule has 0 unspecified atom stereocenters. The van der Waals surface area contributed by atoms with Gasteiger partial charge in [0.15, 0.2) is 0 Å². The zero-order chi connectivity index (χ0) is 14.3. The molecule has 5 heteroatoms. The molecule has 0 spiro atoms. The first kappa shape index (κ1) is 15.0. The van der Waals surface area contributed by atoms with Gasteiger partial charge in [0.25, 0.3) is 0 Å². The largest absolute Gasteiger partial charge is 0.465 e. The van der Waals surface area contributed by atoms with Gasteiger partial charge in [-0.3, -0.25) is 9.59 Å². The summed E-state index contributed by atoms with van der Waals surface area (Å²) in [6, 6.07) is 3.50. The molecule has 1 aromatic heterocycles. The Morgan fingerprint density at radius 3 is 2.53 bits per heavy atom. The number of rotatable bonds is 6. The third-order valence-electron chi connectivity index (χ3n) is 2.80. The van der Waals surface area contributed by atoms with E-state index >= 15 is 0 Å². The summed E-state index contributed by atoms with van der Waals surface area (Å²) < 4.78 is 5.09. The number of carbonyl (C=O) groups excluding carboxylic acids is 2. The molecule has 104 valence electrons. The predicted molar refractivity (Wildman–Crippen MR) is 73.3 cm³/mol. The summed E-state index contributed by atoms with van der Waals surface area (Å²) in [5.41, 5.74) is 0. The van der Waals surface area contributed by atoms with Crippen molar-refractivity contribution >= 4 is 17.9 Å². The van der Waals surface area contributed by atoms with Crippen molar-refractivity contribution in [1.82, 2.24) is 9.80 Å². The van der Waals surface area contributed by atoms with E-state index in [4.69, 9.17) is 4.42 Å². The minimum Gasteiger partial charge on any atom is -0.465 e. The van der Waals surface area contributed by atoms with E-state index in [2.05, 4.69) is 0 Å². The van der Waals surface area contributed by atoms with E-state index in [1.54, 1.807) is 30.2 Å². The van der Waals surface area contributed by atoms with Crippen LogP contribution in [0.5, 0.6) is 0 Å². The summed E-state index contributed by atoms with van der Waals surface area (Å²) in [6.07, 6.45) is 4.52. The summed E-state index contributed by atoms with van der Waals surface area (Å²) in [5, 5.41) is 0. The number of amides is 2. The van der Waals surface area contributed by atoms with Gasteiger partial charge < -0.3 is 14.2 Å². The van der Waals surface area contributed by atoms with Gasteiger partial charge in [-0.2, -0.15) is 0 Å². The van der Waals surface area contributed by atoms with Crippen LogP contribution in [0.15, 0.2) is 28.9 Å². The van der Waals surface area contributed by atoms with Crippen molar-refractivity contribution in [3.63, 3.8) is 0 Å². The molecular weight excluding hydrogens is 244 g/mol. The van der Waals surface area contributed by atoms with E-state index in [0.717, 1.165) is 0 Å². The van der Waals surface area contributed by atoms with E-state index in [1.807, 2.05) is 13.8 Å². The van der Waals surface area contributed by atoms with Crippen molar-refractivity contribution in [1.29, 1.82) is 0 Å². The molecule has 0 aliphatic rings. The van der Waals surface area contributed by atoms with Crippen molar-refractivity contribution in [3.8, 4) is 0 Å². The Morgan fingerprint density at radius 2 is 2.00 bits per heavy atom. The second-order valence-corrected chi connectivity index (χ2v) is 4.11. The predicted octanol–water partition coefficient (Wildman–Crippen LogP) is 1.62. The van der Waals surface area contributed by atoms with Gasteiger partial charge in [-0.05, 0) is 32.1 Å². The van der Waals surface area contributed by atoms with Gasteiger partial charge in [0, 0.05) is 26.2 Å². The number of likely N-dealkylation sites (N-methyl/N-ethyl adjacent to an activating group) is 2. The summed E-state index contributed by atoms with van der Waals surface area (Å²) >= 11 is 0. The smallest absolute Gasteiger partial charge is 0.246 e. The standard InChI is InChI=1S/C14H20N2O3/c1-4-16(5-2)14(18)11-15(3)13(17)9-8-12-7-6-10-19-12/h6-10H,4-5,11H2,1-3H3/b9-8+. The van der Waals surface area contributed by atoms with Gasteiger partial charge in [0.05, 0.1) is 12.8 Å². The topological polar surface area (TPSA) is 53.8 Å². The third-order valence-corrected chi connectivity index (χ3v) is 2.80. The molecule has 1 rings (SSSR count). The van der Waals surface area contributed by atoms with Crippen molar-refractivity contribution < 1.29 is 14.0 Å². The fourth-order valence-electron chi connectivity index (χ4n) is 1.62. The maximum Gasteiger partial charge on any atom is 0.246 e. The molecular formula is C14H20N2O3. The molecule has 0 fully saturated rings. The monoisotopic (exact) mass is 264 g/mol. The normalized spacial score (nSPS) is 10.7. The molecule has 0 saturated carbocycles. The summed E-state index contributed by atoms with van der Waals surface area (Å²) in [7, 11) is 1.61. The lowest BCUT2D eigenvalue weighted by atomic mass is 10.3. The lowest BCUT2D eigenvalue weighted by Gasteiger charge is -2.22. The molecule has 0 aliphatic carbocycles. The Bertz CT molecular complexity index is 434. The minimum absolute atomic E-state index is 0.0488. The molecule has 0 N–H and O–H groups in total. The zero-order valence-corrected chi connectivity index (χ0v) is 11.6. The second-order valence-electron chi connectivity index (χ2n) is 4.11. The van der Waals surface area contributed by atoms with Crippen LogP contribution in [0.2, 0.25) is 0 Å². The van der Waals surface area contributed by atoms with Crippen LogP contribution in [0.1, 0.15) is 19.6 Å². The highest BCUT2D eigenvalue weighted by atomic mass is 16.3. The van der Waals surface area contributed by atoms with Gasteiger partial charge in [-0.1, -0.05) is 0 Å². The van der Waals surface area contributed by atoms with Crippen LogP contribution in [0.3, 0.4) is 0 Å². The summed E-state index contributed by atoms with van der Waals surface area (Å²) in [4.78, 5) is 26.7. The first-order valence-electron chi connectivity index (χ1n) is 6.32. The van der Waals surface area contributed by atoms with Gasteiger partial charge in [0.2, 0.25) is 11.8 Å². The van der Waals surface area contributed by atoms with E-state index in [0.29, 0.717) is 18.8 Å². The van der Waals surface area contributed by atoms with Gasteiger partial charge in [-0.15, -0.1) is 0 Å². The average Bonchev–Trinajstić information content (AvgIpc) is 2.90. The number of furan rings is 1. The maximum atomic E-state index is 11.8. The van der Waals surface area contributed by atoms with Crippen molar-refractivity contribution in [3.05, 3.63) is 30.2 Å². The third kappa shape index (κ3) is 4.62. The molecule has 0 aliphatic heterocycles. The number of hydrogen-bond acceptors (Lipinski definition) is 3. The molecule has 0 radical (unpaired) electrons. The Kier molecular flexibility index (Phi) is 5.85. The first-order valence-corrected chi connectivity index (χ1v) is 6.32. The van der Waals surface area contributed by atoms with Crippen molar-refractivity contribution in [2.75, 3.05) is 26.7 Å². The van der Waals surface area contributed by atoms with Crippen LogP contribution in [-0.2, 0) is 9.59 Å². The first-order chi connectivity index (χ1) is 9.08. The Hall–Kier alpha value is -2.04. The zero-order valence-electron chi connectivity index (χ0n) is 11.6. The second kappa shape index (κ2) is 7.41. The van der Waals surface area contributed by atoms with E-state index in [1.165, 1.54) is 17.2 Å². The van der Waals surface area contributed by atoms with Crippen LogP contribution < -0.4 is 0 Å². The van der Waals surface area contributed by atoms with Gasteiger partial charge in [-0.25, -0.2) is 0 Å². The van der Waals surface area contributed by atoms with E-state index in [9.17, 15) is 9.59 Å². The molecule has 0 bridgehead atoms.